The predicted octanol–water partition coefficient (Wildman–Crippen LogP) is 2.81. The Kier molecular flexibility index (Phi) is 5.99. The standard InChI is InChI=1S/C17H18F4N4O2/c1-8(10-4-3-5-11(12(10)18)17(19,20)21)13(22)14-15(23-6-7-26)16(27)25-9(2)24-14/h3-5,8,22-23,26H,6-7H2,1-2H3,(H,24,25,27). The molecule has 0 saturated heterocycles. The van der Waals surface area contributed by atoms with Crippen LogP contribution in [0.2, 0.25) is 0 Å². The summed E-state index contributed by atoms with van der Waals surface area (Å²) < 4.78 is 53.2. The van der Waals surface area contributed by atoms with Crippen molar-refractivity contribution < 1.29 is 22.7 Å². The SMILES string of the molecule is Cc1nc(C(=N)C(C)c2cccc(C(F)(F)F)c2F)c(NCCO)c(=O)[nH]1. The van der Waals surface area contributed by atoms with Crippen LogP contribution in [0.25, 0.3) is 0 Å². The van der Waals surface area contributed by atoms with Crippen molar-refractivity contribution in [1.29, 1.82) is 5.41 Å². The molecule has 1 unspecified atom stereocenters. The zero-order valence-corrected chi connectivity index (χ0v) is 14.5. The van der Waals surface area contributed by atoms with Crippen molar-refractivity contribution in [3.05, 3.63) is 57.0 Å². The van der Waals surface area contributed by atoms with Gasteiger partial charge >= 0.3 is 6.18 Å². The van der Waals surface area contributed by atoms with Crippen molar-refractivity contribution in [3.63, 3.8) is 0 Å². The van der Waals surface area contributed by atoms with Gasteiger partial charge in [-0.25, -0.2) is 9.37 Å². The van der Waals surface area contributed by atoms with Crippen LogP contribution in [-0.2, 0) is 6.18 Å². The van der Waals surface area contributed by atoms with Crippen molar-refractivity contribution in [2.24, 2.45) is 0 Å². The Bertz CT molecular complexity index is 909. The van der Waals surface area contributed by atoms with Crippen LogP contribution < -0.4 is 10.9 Å². The third kappa shape index (κ3) is 4.33. The maximum atomic E-state index is 14.4. The van der Waals surface area contributed by atoms with E-state index in [-0.39, 0.29) is 41.6 Å². The van der Waals surface area contributed by atoms with Gasteiger partial charge in [0.15, 0.2) is 0 Å². The zero-order valence-electron chi connectivity index (χ0n) is 14.5. The number of halogens is 4. The molecule has 1 aromatic carbocycles. The quantitative estimate of drug-likeness (QED) is 0.453. The lowest BCUT2D eigenvalue weighted by Crippen LogP contribution is -2.25. The summed E-state index contributed by atoms with van der Waals surface area (Å²) in [6.07, 6.45) is -4.87. The van der Waals surface area contributed by atoms with Gasteiger partial charge < -0.3 is 20.8 Å². The van der Waals surface area contributed by atoms with Crippen molar-refractivity contribution >= 4 is 11.4 Å². The van der Waals surface area contributed by atoms with E-state index in [0.29, 0.717) is 6.07 Å². The van der Waals surface area contributed by atoms with E-state index >= 15 is 0 Å². The Hall–Kier alpha value is -2.75. The normalized spacial score (nSPS) is 12.7. The number of H-pyrrole nitrogens is 1. The van der Waals surface area contributed by atoms with Crippen molar-refractivity contribution in [1.82, 2.24) is 9.97 Å². The van der Waals surface area contributed by atoms with Gasteiger partial charge in [-0.3, -0.25) is 4.79 Å². The molecule has 27 heavy (non-hydrogen) atoms. The van der Waals surface area contributed by atoms with Gasteiger partial charge in [-0.05, 0) is 18.6 Å². The number of aryl methyl sites for hydroxylation is 1. The van der Waals surface area contributed by atoms with E-state index in [9.17, 15) is 22.4 Å². The summed E-state index contributed by atoms with van der Waals surface area (Å²) in [5, 5.41) is 19.9. The zero-order chi connectivity index (χ0) is 20.4. The Morgan fingerprint density at radius 1 is 1.41 bits per heavy atom. The molecular weight excluding hydrogens is 368 g/mol. The molecule has 2 rings (SSSR count). The number of nitrogens with zero attached hydrogens (tertiary/aromatic N) is 1. The molecule has 0 amide bonds. The van der Waals surface area contributed by atoms with Gasteiger partial charge in [-0.15, -0.1) is 0 Å². The lowest BCUT2D eigenvalue weighted by molar-refractivity contribution is -0.140. The molecule has 1 aromatic heterocycles. The van der Waals surface area contributed by atoms with E-state index in [4.69, 9.17) is 10.5 Å². The highest BCUT2D eigenvalue weighted by Gasteiger charge is 2.36. The molecule has 0 aliphatic rings. The molecule has 6 nitrogen and oxygen atoms in total. The van der Waals surface area contributed by atoms with Crippen LogP contribution in [-0.4, -0.2) is 33.9 Å². The fraction of sp³-hybridized carbons (Fsp3) is 0.353. The number of benzene rings is 1. The number of aliphatic hydroxyl groups excluding tert-OH is 1. The second-order valence-electron chi connectivity index (χ2n) is 5.87. The van der Waals surface area contributed by atoms with Crippen LogP contribution in [0.15, 0.2) is 23.0 Å². The first-order valence-corrected chi connectivity index (χ1v) is 7.98. The number of anilines is 1. The third-order valence-corrected chi connectivity index (χ3v) is 3.94. The summed E-state index contributed by atoms with van der Waals surface area (Å²) >= 11 is 0. The molecule has 0 bridgehead atoms. The highest BCUT2D eigenvalue weighted by molar-refractivity contribution is 6.05. The summed E-state index contributed by atoms with van der Waals surface area (Å²) in [6, 6.07) is 2.84. The topological polar surface area (TPSA) is 102 Å². The molecule has 146 valence electrons. The van der Waals surface area contributed by atoms with Crippen LogP contribution in [0.5, 0.6) is 0 Å². The number of aromatic nitrogens is 2. The van der Waals surface area contributed by atoms with Crippen LogP contribution >= 0.6 is 0 Å². The third-order valence-electron chi connectivity index (χ3n) is 3.94. The smallest absolute Gasteiger partial charge is 0.395 e. The number of aliphatic hydroxyl groups is 1. The Morgan fingerprint density at radius 3 is 2.67 bits per heavy atom. The summed E-state index contributed by atoms with van der Waals surface area (Å²) in [5.74, 6) is -2.38. The molecule has 0 fully saturated rings. The van der Waals surface area contributed by atoms with Crippen molar-refractivity contribution in [2.75, 3.05) is 18.5 Å². The Balaban J connectivity index is 2.52. The Labute approximate surface area is 151 Å². The first-order chi connectivity index (χ1) is 12.6. The summed E-state index contributed by atoms with van der Waals surface area (Å²) in [4.78, 5) is 18.6. The fourth-order valence-electron chi connectivity index (χ4n) is 2.59. The van der Waals surface area contributed by atoms with Gasteiger partial charge in [-0.2, -0.15) is 13.2 Å². The molecule has 4 N–H and O–H groups in total. The van der Waals surface area contributed by atoms with Gasteiger partial charge in [-0.1, -0.05) is 19.1 Å². The summed E-state index contributed by atoms with van der Waals surface area (Å²) in [7, 11) is 0. The van der Waals surface area contributed by atoms with E-state index in [2.05, 4.69) is 15.3 Å². The van der Waals surface area contributed by atoms with Gasteiger partial charge in [0.2, 0.25) is 0 Å². The van der Waals surface area contributed by atoms with Crippen LogP contribution in [0, 0.1) is 18.2 Å². The largest absolute Gasteiger partial charge is 0.419 e. The maximum absolute atomic E-state index is 14.4. The first-order valence-electron chi connectivity index (χ1n) is 7.98. The average molecular weight is 386 g/mol. The highest BCUT2D eigenvalue weighted by atomic mass is 19.4. The predicted molar refractivity (Wildman–Crippen MR) is 91.8 cm³/mol. The van der Waals surface area contributed by atoms with Gasteiger partial charge in [0.05, 0.1) is 17.9 Å². The summed E-state index contributed by atoms with van der Waals surface area (Å²) in [6.45, 7) is 2.54. The number of rotatable bonds is 6. The van der Waals surface area contributed by atoms with Crippen LogP contribution in [0.1, 0.15) is 35.5 Å². The van der Waals surface area contributed by atoms with Crippen LogP contribution in [0.4, 0.5) is 23.2 Å². The fourth-order valence-corrected chi connectivity index (χ4v) is 2.59. The molecule has 0 radical (unpaired) electrons. The highest BCUT2D eigenvalue weighted by Crippen LogP contribution is 2.35. The molecule has 1 atom stereocenters. The van der Waals surface area contributed by atoms with Crippen molar-refractivity contribution in [3.8, 4) is 0 Å². The monoisotopic (exact) mass is 386 g/mol. The molecular formula is C17H18F4N4O2. The number of aromatic amines is 1. The van der Waals surface area contributed by atoms with Gasteiger partial charge in [0.1, 0.15) is 23.0 Å². The lowest BCUT2D eigenvalue weighted by atomic mass is 9.91. The molecule has 0 spiro atoms. The number of hydrogen-bond acceptors (Lipinski definition) is 5. The minimum Gasteiger partial charge on any atom is -0.395 e. The lowest BCUT2D eigenvalue weighted by Gasteiger charge is -2.19. The van der Waals surface area contributed by atoms with E-state index in [1.807, 2.05) is 0 Å². The number of alkyl halides is 3. The number of hydrogen-bond donors (Lipinski definition) is 4. The average Bonchev–Trinajstić information content (AvgIpc) is 2.58. The maximum Gasteiger partial charge on any atom is 0.419 e. The first kappa shape index (κ1) is 20.6. The molecule has 2 aromatic rings. The molecule has 0 aliphatic heterocycles. The Morgan fingerprint density at radius 2 is 2.07 bits per heavy atom. The minimum atomic E-state index is -4.87. The molecule has 1 heterocycles. The van der Waals surface area contributed by atoms with Gasteiger partial charge in [0, 0.05) is 12.5 Å². The van der Waals surface area contributed by atoms with Gasteiger partial charge in [0.25, 0.3) is 5.56 Å². The molecule has 0 saturated carbocycles. The van der Waals surface area contributed by atoms with E-state index < -0.39 is 29.0 Å². The van der Waals surface area contributed by atoms with E-state index in [0.717, 1.165) is 12.1 Å². The van der Waals surface area contributed by atoms with E-state index in [1.165, 1.54) is 13.8 Å². The van der Waals surface area contributed by atoms with Crippen molar-refractivity contribution in [2.45, 2.75) is 25.9 Å². The summed E-state index contributed by atoms with van der Waals surface area (Å²) in [5.41, 5.74) is -2.92. The molecule has 0 aliphatic carbocycles. The number of nitrogens with one attached hydrogen (secondary N) is 3. The van der Waals surface area contributed by atoms with Crippen LogP contribution in [0.3, 0.4) is 0 Å². The second kappa shape index (κ2) is 7.87. The second-order valence-corrected chi connectivity index (χ2v) is 5.87. The van der Waals surface area contributed by atoms with E-state index in [1.54, 1.807) is 0 Å². The molecule has 10 heteroatoms. The minimum absolute atomic E-state index is 0.000399.